The second-order valence-electron chi connectivity index (χ2n) is 7.97. The lowest BCUT2D eigenvalue weighted by molar-refractivity contribution is -0.153. The number of hydrogen-bond donors (Lipinski definition) is 1. The smallest absolute Gasteiger partial charge is 0.321 e. The van der Waals surface area contributed by atoms with Gasteiger partial charge in [-0.1, -0.05) is 43.3 Å². The van der Waals surface area contributed by atoms with E-state index in [-0.39, 0.29) is 12.5 Å². The Morgan fingerprint density at radius 2 is 1.88 bits per heavy atom. The Bertz CT molecular complexity index is 1000. The number of nitrogens with zero attached hydrogens (tertiary/aromatic N) is 2. The van der Waals surface area contributed by atoms with Gasteiger partial charge in [-0.2, -0.15) is 0 Å². The fourth-order valence-electron chi connectivity index (χ4n) is 4.12. The number of carbonyl (C=O) groups excluding carboxylic acids is 2. The lowest BCUT2D eigenvalue weighted by Gasteiger charge is -2.36. The maximum atomic E-state index is 13.1. The van der Waals surface area contributed by atoms with Crippen LogP contribution in [0.1, 0.15) is 43.0 Å². The highest BCUT2D eigenvalue weighted by atomic mass is 16.5. The summed E-state index contributed by atoms with van der Waals surface area (Å²) in [6.45, 7) is 6.03. The molecule has 0 saturated carbocycles. The van der Waals surface area contributed by atoms with Crippen molar-refractivity contribution >= 4 is 17.8 Å². The van der Waals surface area contributed by atoms with Gasteiger partial charge in [-0.05, 0) is 48.6 Å². The number of ether oxygens (including phenoxy) is 2. The summed E-state index contributed by atoms with van der Waals surface area (Å²) in [5.41, 5.74) is 3.31. The number of guanidine groups is 1. The fourth-order valence-corrected chi connectivity index (χ4v) is 4.12. The van der Waals surface area contributed by atoms with Gasteiger partial charge in [-0.25, -0.2) is 4.99 Å². The molecular weight excluding hydrogens is 406 g/mol. The van der Waals surface area contributed by atoms with Gasteiger partial charge < -0.3 is 14.4 Å². The van der Waals surface area contributed by atoms with E-state index in [0.29, 0.717) is 19.1 Å². The average molecular weight is 436 g/mol. The SMILES string of the molecule is CCCOc1ccc([C@@H]2N=C(N3CCc4ccccc4C3)NC(=O)[C@@H]2C(=O)OCC)cc1. The van der Waals surface area contributed by atoms with Crippen molar-refractivity contribution in [1.82, 2.24) is 10.2 Å². The van der Waals surface area contributed by atoms with Crippen LogP contribution >= 0.6 is 0 Å². The number of benzene rings is 2. The molecule has 2 atom stereocenters. The lowest BCUT2D eigenvalue weighted by Crippen LogP contribution is -2.53. The molecule has 7 heteroatoms. The van der Waals surface area contributed by atoms with Crippen LogP contribution in [-0.2, 0) is 27.3 Å². The van der Waals surface area contributed by atoms with E-state index in [1.807, 2.05) is 43.3 Å². The van der Waals surface area contributed by atoms with Crippen LogP contribution in [0.25, 0.3) is 0 Å². The predicted octanol–water partition coefficient (Wildman–Crippen LogP) is 3.24. The van der Waals surface area contributed by atoms with Crippen molar-refractivity contribution in [3.8, 4) is 5.75 Å². The molecule has 0 aromatic heterocycles. The monoisotopic (exact) mass is 435 g/mol. The topological polar surface area (TPSA) is 80.2 Å². The Morgan fingerprint density at radius 3 is 2.59 bits per heavy atom. The highest BCUT2D eigenvalue weighted by Crippen LogP contribution is 2.32. The maximum absolute atomic E-state index is 13.1. The van der Waals surface area contributed by atoms with Crippen molar-refractivity contribution in [2.45, 2.75) is 39.3 Å². The van der Waals surface area contributed by atoms with E-state index in [4.69, 9.17) is 14.5 Å². The van der Waals surface area contributed by atoms with Gasteiger partial charge in [0.1, 0.15) is 11.8 Å². The first-order chi connectivity index (χ1) is 15.6. The summed E-state index contributed by atoms with van der Waals surface area (Å²) in [4.78, 5) is 32.6. The van der Waals surface area contributed by atoms with Crippen molar-refractivity contribution in [1.29, 1.82) is 0 Å². The number of esters is 1. The molecule has 2 aromatic carbocycles. The van der Waals surface area contributed by atoms with E-state index in [0.717, 1.165) is 30.7 Å². The van der Waals surface area contributed by atoms with E-state index in [1.54, 1.807) is 6.92 Å². The minimum absolute atomic E-state index is 0.207. The van der Waals surface area contributed by atoms with Gasteiger partial charge in [0.05, 0.1) is 13.2 Å². The number of hydrogen-bond acceptors (Lipinski definition) is 6. The zero-order valence-electron chi connectivity index (χ0n) is 18.5. The summed E-state index contributed by atoms with van der Waals surface area (Å²) >= 11 is 0. The molecule has 2 heterocycles. The van der Waals surface area contributed by atoms with Crippen molar-refractivity contribution < 1.29 is 19.1 Å². The second-order valence-corrected chi connectivity index (χ2v) is 7.97. The molecule has 0 saturated heterocycles. The number of nitrogens with one attached hydrogen (secondary N) is 1. The van der Waals surface area contributed by atoms with Gasteiger partial charge in [0.15, 0.2) is 5.92 Å². The van der Waals surface area contributed by atoms with Crippen molar-refractivity contribution in [3.05, 3.63) is 65.2 Å². The molecule has 32 heavy (non-hydrogen) atoms. The summed E-state index contributed by atoms with van der Waals surface area (Å²) in [7, 11) is 0. The zero-order chi connectivity index (χ0) is 22.5. The van der Waals surface area contributed by atoms with Gasteiger partial charge >= 0.3 is 5.97 Å². The van der Waals surface area contributed by atoms with Gasteiger partial charge in [0, 0.05) is 13.1 Å². The Kier molecular flexibility index (Phi) is 6.73. The Balaban J connectivity index is 1.64. The zero-order valence-corrected chi connectivity index (χ0v) is 18.5. The van der Waals surface area contributed by atoms with Gasteiger partial charge in [-0.15, -0.1) is 0 Å². The van der Waals surface area contributed by atoms with Gasteiger partial charge in [0.25, 0.3) is 0 Å². The second kappa shape index (κ2) is 9.85. The molecule has 1 amide bonds. The molecular formula is C25H29N3O4. The normalized spacial score (nSPS) is 20.1. The van der Waals surface area contributed by atoms with E-state index in [2.05, 4.69) is 22.3 Å². The van der Waals surface area contributed by atoms with Crippen LogP contribution in [0.5, 0.6) is 5.75 Å². The molecule has 1 N–H and O–H groups in total. The number of aliphatic imine (C=N–C) groups is 1. The molecule has 2 aliphatic heterocycles. The number of carbonyl (C=O) groups is 2. The van der Waals surface area contributed by atoms with Crippen LogP contribution in [0.15, 0.2) is 53.5 Å². The van der Waals surface area contributed by atoms with E-state index in [9.17, 15) is 9.59 Å². The standard InChI is InChI=1S/C25H29N3O4/c1-3-15-32-20-11-9-18(10-12-20)22-21(24(30)31-4-2)23(29)27-25(26-22)28-14-13-17-7-5-6-8-19(17)16-28/h5-12,21-22H,3-4,13-16H2,1-2H3,(H,26,27,29)/t21-,22+/m1/s1. The fraction of sp³-hybridized carbons (Fsp3) is 0.400. The van der Waals surface area contributed by atoms with Crippen LogP contribution < -0.4 is 10.1 Å². The molecule has 0 radical (unpaired) electrons. The molecule has 7 nitrogen and oxygen atoms in total. The first-order valence-corrected chi connectivity index (χ1v) is 11.2. The van der Waals surface area contributed by atoms with Crippen LogP contribution in [0.3, 0.4) is 0 Å². The summed E-state index contributed by atoms with van der Waals surface area (Å²) in [5.74, 6) is -0.725. The molecule has 0 spiro atoms. The van der Waals surface area contributed by atoms with Gasteiger partial charge in [0.2, 0.25) is 11.9 Å². The van der Waals surface area contributed by atoms with E-state index in [1.165, 1.54) is 11.1 Å². The molecule has 168 valence electrons. The van der Waals surface area contributed by atoms with Crippen molar-refractivity contribution in [3.63, 3.8) is 0 Å². The molecule has 0 aliphatic carbocycles. The maximum Gasteiger partial charge on any atom is 0.321 e. The van der Waals surface area contributed by atoms with Crippen LogP contribution in [0.2, 0.25) is 0 Å². The largest absolute Gasteiger partial charge is 0.494 e. The number of amides is 1. The minimum atomic E-state index is -1.03. The first kappa shape index (κ1) is 21.9. The van der Waals surface area contributed by atoms with Crippen molar-refractivity contribution in [2.24, 2.45) is 10.9 Å². The van der Waals surface area contributed by atoms with Crippen LogP contribution in [0.4, 0.5) is 0 Å². The highest BCUT2D eigenvalue weighted by molar-refractivity contribution is 6.08. The Hall–Kier alpha value is -3.35. The van der Waals surface area contributed by atoms with Gasteiger partial charge in [-0.3, -0.25) is 14.9 Å². The summed E-state index contributed by atoms with van der Waals surface area (Å²) in [6, 6.07) is 15.1. The quantitative estimate of drug-likeness (QED) is 0.557. The minimum Gasteiger partial charge on any atom is -0.494 e. The number of fused-ring (bicyclic) bond motifs is 1. The van der Waals surface area contributed by atoms with E-state index < -0.39 is 17.9 Å². The average Bonchev–Trinajstić information content (AvgIpc) is 2.82. The van der Waals surface area contributed by atoms with E-state index >= 15 is 0 Å². The number of rotatable bonds is 6. The third kappa shape index (κ3) is 4.61. The van der Waals surface area contributed by atoms with Crippen LogP contribution in [0, 0.1) is 5.92 Å². The third-order valence-electron chi connectivity index (χ3n) is 5.76. The molecule has 2 aromatic rings. The van der Waals surface area contributed by atoms with Crippen molar-refractivity contribution in [2.75, 3.05) is 19.8 Å². The molecule has 2 aliphatic rings. The predicted molar refractivity (Wildman–Crippen MR) is 121 cm³/mol. The highest BCUT2D eigenvalue weighted by Gasteiger charge is 2.42. The summed E-state index contributed by atoms with van der Waals surface area (Å²) in [5, 5.41) is 2.86. The molecule has 0 fully saturated rings. The first-order valence-electron chi connectivity index (χ1n) is 11.2. The molecule has 4 rings (SSSR count). The van der Waals surface area contributed by atoms with Crippen LogP contribution in [-0.4, -0.2) is 42.5 Å². The summed E-state index contributed by atoms with van der Waals surface area (Å²) < 4.78 is 10.9. The molecule has 0 bridgehead atoms. The Morgan fingerprint density at radius 1 is 1.12 bits per heavy atom. The summed E-state index contributed by atoms with van der Waals surface area (Å²) in [6.07, 6.45) is 1.79. The third-order valence-corrected chi connectivity index (χ3v) is 5.76. The lowest BCUT2D eigenvalue weighted by atomic mass is 9.91. The Labute approximate surface area is 188 Å². The molecule has 0 unspecified atom stereocenters.